The fraction of sp³-hybridized carbons (Fsp3) is 0.588. The highest BCUT2D eigenvalue weighted by Gasteiger charge is 2.13. The van der Waals surface area contributed by atoms with Crippen LogP contribution in [-0.2, 0) is 6.42 Å². The Balaban J connectivity index is 2.69. The Labute approximate surface area is 139 Å². The van der Waals surface area contributed by atoms with Crippen LogP contribution in [0.5, 0.6) is 17.2 Å². The number of nitrogens with zero attached hydrogens (tertiary/aromatic N) is 1. The number of ether oxygens (including phenoxy) is 3. The van der Waals surface area contributed by atoms with Gasteiger partial charge in [-0.05, 0) is 12.8 Å². The average molecular weight is 323 g/mol. The number of unbranched alkanes of at least 4 members (excludes halogenated alkanes) is 1. The molecule has 1 aromatic carbocycles. The molecule has 0 amide bonds. The zero-order valence-corrected chi connectivity index (χ0v) is 14.9. The smallest absolute Gasteiger partial charge is 0.190 e. The molecule has 0 unspecified atom stereocenters. The first-order valence-corrected chi connectivity index (χ1v) is 7.93. The molecule has 0 saturated carbocycles. The SMILES string of the molecule is CCCCNC(=NC)NCCc1c(OC)cc(OC)cc1OC. The van der Waals surface area contributed by atoms with Crippen LogP contribution >= 0.6 is 0 Å². The van der Waals surface area contributed by atoms with Crippen molar-refractivity contribution < 1.29 is 14.2 Å². The second-order valence-electron chi connectivity index (χ2n) is 5.04. The molecular formula is C17H29N3O3. The van der Waals surface area contributed by atoms with E-state index in [4.69, 9.17) is 14.2 Å². The lowest BCUT2D eigenvalue weighted by Crippen LogP contribution is -2.38. The van der Waals surface area contributed by atoms with E-state index in [2.05, 4.69) is 22.5 Å². The lowest BCUT2D eigenvalue weighted by atomic mass is 10.1. The zero-order chi connectivity index (χ0) is 17.1. The summed E-state index contributed by atoms with van der Waals surface area (Å²) in [6.45, 7) is 3.82. The number of rotatable bonds is 9. The van der Waals surface area contributed by atoms with E-state index in [1.807, 2.05) is 12.1 Å². The fourth-order valence-corrected chi connectivity index (χ4v) is 2.23. The maximum Gasteiger partial charge on any atom is 0.190 e. The van der Waals surface area contributed by atoms with Gasteiger partial charge in [-0.15, -0.1) is 0 Å². The van der Waals surface area contributed by atoms with Gasteiger partial charge in [-0.25, -0.2) is 0 Å². The summed E-state index contributed by atoms with van der Waals surface area (Å²) < 4.78 is 16.2. The Morgan fingerprint density at radius 2 is 1.61 bits per heavy atom. The van der Waals surface area contributed by atoms with E-state index in [0.29, 0.717) is 5.75 Å². The number of aliphatic imine (C=N–C) groups is 1. The maximum atomic E-state index is 5.46. The third-order valence-electron chi connectivity index (χ3n) is 3.53. The van der Waals surface area contributed by atoms with Crippen LogP contribution in [0.2, 0.25) is 0 Å². The molecule has 0 aliphatic carbocycles. The lowest BCUT2D eigenvalue weighted by molar-refractivity contribution is 0.368. The highest BCUT2D eigenvalue weighted by molar-refractivity contribution is 5.79. The Hall–Kier alpha value is -2.11. The monoisotopic (exact) mass is 323 g/mol. The number of guanidine groups is 1. The Morgan fingerprint density at radius 1 is 1.00 bits per heavy atom. The third-order valence-corrected chi connectivity index (χ3v) is 3.53. The molecule has 130 valence electrons. The number of hydrogen-bond donors (Lipinski definition) is 2. The van der Waals surface area contributed by atoms with E-state index in [-0.39, 0.29) is 0 Å². The molecule has 6 nitrogen and oxygen atoms in total. The highest BCUT2D eigenvalue weighted by Crippen LogP contribution is 2.34. The Kier molecular flexibility index (Phi) is 8.72. The molecule has 0 fully saturated rings. The van der Waals surface area contributed by atoms with Gasteiger partial charge in [0.2, 0.25) is 0 Å². The van der Waals surface area contributed by atoms with Crippen molar-refractivity contribution in [1.82, 2.24) is 10.6 Å². The quantitative estimate of drug-likeness (QED) is 0.414. The van der Waals surface area contributed by atoms with E-state index >= 15 is 0 Å². The molecule has 0 aliphatic rings. The molecule has 0 aliphatic heterocycles. The van der Waals surface area contributed by atoms with Gasteiger partial charge in [0.15, 0.2) is 5.96 Å². The van der Waals surface area contributed by atoms with Crippen LogP contribution in [-0.4, -0.2) is 47.4 Å². The van der Waals surface area contributed by atoms with E-state index in [1.165, 1.54) is 0 Å². The van der Waals surface area contributed by atoms with Crippen molar-refractivity contribution >= 4 is 5.96 Å². The second-order valence-corrected chi connectivity index (χ2v) is 5.04. The number of hydrogen-bond acceptors (Lipinski definition) is 4. The minimum absolute atomic E-state index is 0.715. The van der Waals surface area contributed by atoms with Crippen molar-refractivity contribution in [2.75, 3.05) is 41.5 Å². The van der Waals surface area contributed by atoms with Gasteiger partial charge < -0.3 is 24.8 Å². The molecule has 0 radical (unpaired) electrons. The standard InChI is InChI=1S/C17H29N3O3/c1-6-7-9-19-17(18-2)20-10-8-14-15(22-4)11-13(21-3)12-16(14)23-5/h11-12H,6-10H2,1-5H3,(H2,18,19,20). The summed E-state index contributed by atoms with van der Waals surface area (Å²) in [7, 11) is 6.70. The van der Waals surface area contributed by atoms with E-state index in [1.54, 1.807) is 28.4 Å². The zero-order valence-electron chi connectivity index (χ0n) is 14.9. The second kappa shape index (κ2) is 10.6. The van der Waals surface area contributed by atoms with Crippen molar-refractivity contribution in [3.8, 4) is 17.2 Å². The van der Waals surface area contributed by atoms with E-state index in [9.17, 15) is 0 Å². The van der Waals surface area contributed by atoms with Crippen LogP contribution in [0.3, 0.4) is 0 Å². The van der Waals surface area contributed by atoms with Gasteiger partial charge in [-0.1, -0.05) is 13.3 Å². The van der Waals surface area contributed by atoms with Gasteiger partial charge in [-0.3, -0.25) is 4.99 Å². The predicted molar refractivity (Wildman–Crippen MR) is 94.1 cm³/mol. The minimum atomic E-state index is 0.715. The fourth-order valence-electron chi connectivity index (χ4n) is 2.23. The number of benzene rings is 1. The van der Waals surface area contributed by atoms with Crippen molar-refractivity contribution in [2.45, 2.75) is 26.2 Å². The van der Waals surface area contributed by atoms with Crippen LogP contribution in [0.1, 0.15) is 25.3 Å². The molecule has 1 rings (SSSR count). The molecule has 6 heteroatoms. The minimum Gasteiger partial charge on any atom is -0.496 e. The van der Waals surface area contributed by atoms with Crippen LogP contribution in [0.25, 0.3) is 0 Å². The third kappa shape index (κ3) is 5.88. The largest absolute Gasteiger partial charge is 0.496 e. The van der Waals surface area contributed by atoms with Crippen LogP contribution in [0.4, 0.5) is 0 Å². The van der Waals surface area contributed by atoms with Gasteiger partial charge in [-0.2, -0.15) is 0 Å². The molecule has 0 saturated heterocycles. The first-order chi connectivity index (χ1) is 11.2. The van der Waals surface area contributed by atoms with Crippen LogP contribution < -0.4 is 24.8 Å². The first kappa shape index (κ1) is 18.9. The molecule has 0 aromatic heterocycles. The number of nitrogens with one attached hydrogen (secondary N) is 2. The lowest BCUT2D eigenvalue weighted by Gasteiger charge is -2.16. The summed E-state index contributed by atoms with van der Waals surface area (Å²) in [4.78, 5) is 4.22. The van der Waals surface area contributed by atoms with Crippen molar-refractivity contribution in [1.29, 1.82) is 0 Å². The Morgan fingerprint density at radius 3 is 2.09 bits per heavy atom. The first-order valence-electron chi connectivity index (χ1n) is 7.93. The summed E-state index contributed by atoms with van der Waals surface area (Å²) in [6.07, 6.45) is 3.04. The molecule has 0 bridgehead atoms. The summed E-state index contributed by atoms with van der Waals surface area (Å²) in [5.41, 5.74) is 1.01. The highest BCUT2D eigenvalue weighted by atomic mass is 16.5. The Bertz CT molecular complexity index is 479. The number of methoxy groups -OCH3 is 3. The molecule has 0 spiro atoms. The van der Waals surface area contributed by atoms with Gasteiger partial charge in [0.1, 0.15) is 17.2 Å². The van der Waals surface area contributed by atoms with Crippen LogP contribution in [0.15, 0.2) is 17.1 Å². The normalized spacial score (nSPS) is 11.1. The predicted octanol–water partition coefficient (Wildman–Crippen LogP) is 2.22. The van der Waals surface area contributed by atoms with E-state index < -0.39 is 0 Å². The van der Waals surface area contributed by atoms with Crippen molar-refractivity contribution in [3.05, 3.63) is 17.7 Å². The molecule has 23 heavy (non-hydrogen) atoms. The summed E-state index contributed by atoms with van der Waals surface area (Å²) in [5.74, 6) is 3.05. The molecule has 0 heterocycles. The maximum absolute atomic E-state index is 5.46. The van der Waals surface area contributed by atoms with E-state index in [0.717, 1.165) is 55.4 Å². The van der Waals surface area contributed by atoms with Gasteiger partial charge in [0, 0.05) is 37.8 Å². The van der Waals surface area contributed by atoms with Crippen LogP contribution in [0, 0.1) is 0 Å². The summed E-state index contributed by atoms with van der Waals surface area (Å²) >= 11 is 0. The van der Waals surface area contributed by atoms with Gasteiger partial charge in [0.05, 0.1) is 21.3 Å². The van der Waals surface area contributed by atoms with Gasteiger partial charge in [0.25, 0.3) is 0 Å². The average Bonchev–Trinajstić information content (AvgIpc) is 2.60. The molecule has 1 aromatic rings. The topological polar surface area (TPSA) is 64.1 Å². The molecule has 0 atom stereocenters. The summed E-state index contributed by atoms with van der Waals surface area (Å²) in [5, 5.41) is 6.59. The summed E-state index contributed by atoms with van der Waals surface area (Å²) in [6, 6.07) is 3.73. The van der Waals surface area contributed by atoms with Crippen molar-refractivity contribution in [2.24, 2.45) is 4.99 Å². The van der Waals surface area contributed by atoms with Gasteiger partial charge >= 0.3 is 0 Å². The van der Waals surface area contributed by atoms with Crippen molar-refractivity contribution in [3.63, 3.8) is 0 Å². The molecular weight excluding hydrogens is 294 g/mol. The molecule has 2 N–H and O–H groups in total.